The second kappa shape index (κ2) is 19.4. The molecule has 1 nitrogen and oxygen atoms in total. The van der Waals surface area contributed by atoms with Crippen LogP contribution in [0.15, 0.2) is 35.7 Å². The summed E-state index contributed by atoms with van der Waals surface area (Å²) in [5.74, 6) is 0.910. The van der Waals surface area contributed by atoms with Crippen LogP contribution >= 0.6 is 11.3 Å². The minimum atomic E-state index is 0.910. The van der Waals surface area contributed by atoms with Gasteiger partial charge in [0.2, 0.25) is 0 Å². The number of hydrogen-bond acceptors (Lipinski definition) is 2. The maximum atomic E-state index is 4.91. The number of para-hydroxylation sites is 1. The maximum Gasteiger partial charge on any atom is 0.118 e. The molecule has 0 radical (unpaired) electrons. The fourth-order valence-electron chi connectivity index (χ4n) is 3.92. The largest absolute Gasteiger partial charge is 0.497 e. The van der Waals surface area contributed by atoms with E-state index in [0.717, 1.165) is 5.75 Å². The van der Waals surface area contributed by atoms with Crippen LogP contribution in [-0.4, -0.2) is 7.11 Å². The summed E-state index contributed by atoms with van der Waals surface area (Å²) in [6.45, 7) is 6.92. The average Bonchev–Trinajstić information content (AvgIpc) is 3.19. The van der Waals surface area contributed by atoms with Gasteiger partial charge in [-0.1, -0.05) is 96.8 Å². The van der Waals surface area contributed by atoms with Gasteiger partial charge >= 0.3 is 0 Å². The summed E-state index contributed by atoms with van der Waals surface area (Å²) in [7, 11) is 1.66. The molecule has 176 valence electrons. The zero-order valence-corrected chi connectivity index (χ0v) is 21.7. The predicted molar refractivity (Wildman–Crippen MR) is 141 cm³/mol. The van der Waals surface area contributed by atoms with Crippen molar-refractivity contribution in [2.24, 2.45) is 0 Å². The summed E-state index contributed by atoms with van der Waals surface area (Å²) >= 11 is 2.06. The van der Waals surface area contributed by atoms with E-state index in [1.54, 1.807) is 23.1 Å². The average molecular weight is 445 g/mol. The molecule has 0 N–H and O–H groups in total. The lowest BCUT2D eigenvalue weighted by molar-refractivity contribution is 0.415. The van der Waals surface area contributed by atoms with Crippen molar-refractivity contribution in [2.45, 2.75) is 117 Å². The Morgan fingerprint density at radius 3 is 1.71 bits per heavy atom. The molecule has 31 heavy (non-hydrogen) atoms. The standard InChI is InChI=1S/C22H40S.C7H8O/c1-4-7-10-13-16-20-19-23-22(18-15-12-9-6-3)21(20)17-14-11-8-5-2;1-8-7-5-3-2-4-6-7/h19H,4-18H2,1-3H3;2-6H,1H3. The number of benzene rings is 1. The Labute approximate surface area is 197 Å². The second-order valence-corrected chi connectivity index (χ2v) is 9.58. The quantitative estimate of drug-likeness (QED) is 0.234. The molecule has 0 aliphatic heterocycles. The van der Waals surface area contributed by atoms with Crippen molar-refractivity contribution in [3.63, 3.8) is 0 Å². The van der Waals surface area contributed by atoms with Crippen LogP contribution < -0.4 is 4.74 Å². The number of unbranched alkanes of at least 4 members (excludes halogenated alkanes) is 9. The third kappa shape index (κ3) is 13.0. The second-order valence-electron chi connectivity index (χ2n) is 8.61. The first kappa shape index (κ1) is 27.8. The Hall–Kier alpha value is -1.28. The van der Waals surface area contributed by atoms with E-state index >= 15 is 0 Å². The number of thiophene rings is 1. The molecule has 0 spiro atoms. The van der Waals surface area contributed by atoms with E-state index in [0.29, 0.717) is 0 Å². The van der Waals surface area contributed by atoms with Gasteiger partial charge in [-0.15, -0.1) is 11.3 Å². The smallest absolute Gasteiger partial charge is 0.118 e. The normalized spacial score (nSPS) is 10.6. The lowest BCUT2D eigenvalue weighted by atomic mass is 9.97. The van der Waals surface area contributed by atoms with Crippen LogP contribution in [0.25, 0.3) is 0 Å². The number of ether oxygens (including phenoxy) is 1. The van der Waals surface area contributed by atoms with Crippen LogP contribution in [0, 0.1) is 0 Å². The van der Waals surface area contributed by atoms with Gasteiger partial charge in [0.05, 0.1) is 7.11 Å². The minimum absolute atomic E-state index is 0.910. The fraction of sp³-hybridized carbons (Fsp3) is 0.655. The Morgan fingerprint density at radius 1 is 0.645 bits per heavy atom. The van der Waals surface area contributed by atoms with Gasteiger partial charge in [-0.25, -0.2) is 0 Å². The van der Waals surface area contributed by atoms with E-state index in [9.17, 15) is 0 Å². The first-order valence-electron chi connectivity index (χ1n) is 12.9. The number of aryl methyl sites for hydroxylation is 2. The molecule has 0 saturated heterocycles. The molecule has 0 aliphatic rings. The monoisotopic (exact) mass is 444 g/mol. The summed E-state index contributed by atoms with van der Waals surface area (Å²) < 4.78 is 4.91. The Kier molecular flexibility index (Phi) is 17.4. The molecule has 0 fully saturated rings. The van der Waals surface area contributed by atoms with Crippen molar-refractivity contribution in [3.8, 4) is 5.75 Å². The molecule has 0 unspecified atom stereocenters. The van der Waals surface area contributed by atoms with Crippen LogP contribution in [-0.2, 0) is 19.3 Å². The van der Waals surface area contributed by atoms with Crippen molar-refractivity contribution in [1.29, 1.82) is 0 Å². The molecule has 1 heterocycles. The summed E-state index contributed by atoms with van der Waals surface area (Å²) in [5, 5.41) is 2.50. The van der Waals surface area contributed by atoms with Crippen molar-refractivity contribution in [2.75, 3.05) is 7.11 Å². The van der Waals surface area contributed by atoms with Crippen LogP contribution in [0.4, 0.5) is 0 Å². The first-order valence-corrected chi connectivity index (χ1v) is 13.8. The summed E-state index contributed by atoms with van der Waals surface area (Å²) in [6, 6.07) is 9.68. The zero-order valence-electron chi connectivity index (χ0n) is 20.9. The number of hydrogen-bond donors (Lipinski definition) is 0. The van der Waals surface area contributed by atoms with E-state index in [2.05, 4.69) is 37.5 Å². The third-order valence-corrected chi connectivity index (χ3v) is 7.02. The number of methoxy groups -OCH3 is 1. The lowest BCUT2D eigenvalue weighted by Crippen LogP contribution is -1.96. The molecule has 1 aromatic carbocycles. The molecule has 2 rings (SSSR count). The van der Waals surface area contributed by atoms with E-state index < -0.39 is 0 Å². The Bertz CT molecular complexity index is 602. The van der Waals surface area contributed by atoms with E-state index in [1.807, 2.05) is 30.3 Å². The van der Waals surface area contributed by atoms with Gasteiger partial charge in [0.25, 0.3) is 0 Å². The van der Waals surface area contributed by atoms with Gasteiger partial charge in [-0.3, -0.25) is 0 Å². The van der Waals surface area contributed by atoms with Gasteiger partial charge < -0.3 is 4.74 Å². The van der Waals surface area contributed by atoms with Crippen LogP contribution in [0.3, 0.4) is 0 Å². The SMILES string of the molecule is CCCCCCc1csc(CCCCCC)c1CCCCCC.COc1ccccc1. The molecule has 0 bridgehead atoms. The van der Waals surface area contributed by atoms with Gasteiger partial charge in [-0.2, -0.15) is 0 Å². The molecule has 0 aliphatic carbocycles. The minimum Gasteiger partial charge on any atom is -0.497 e. The molecular formula is C29H48OS. The van der Waals surface area contributed by atoms with Crippen molar-refractivity contribution < 1.29 is 4.74 Å². The highest BCUT2D eigenvalue weighted by Crippen LogP contribution is 2.28. The predicted octanol–water partition coefficient (Wildman–Crippen LogP) is 9.81. The zero-order chi connectivity index (χ0) is 22.6. The first-order chi connectivity index (χ1) is 15.3. The van der Waals surface area contributed by atoms with E-state index in [-0.39, 0.29) is 0 Å². The molecule has 1 aromatic heterocycles. The molecule has 2 aromatic rings. The van der Waals surface area contributed by atoms with E-state index in [1.165, 1.54) is 96.3 Å². The van der Waals surface area contributed by atoms with Gasteiger partial charge in [0.15, 0.2) is 0 Å². The van der Waals surface area contributed by atoms with Crippen molar-refractivity contribution >= 4 is 11.3 Å². The van der Waals surface area contributed by atoms with Crippen LogP contribution in [0.1, 0.15) is 114 Å². The maximum absolute atomic E-state index is 4.91. The Morgan fingerprint density at radius 2 is 1.19 bits per heavy atom. The van der Waals surface area contributed by atoms with Crippen LogP contribution in [0.2, 0.25) is 0 Å². The molecule has 2 heteroatoms. The van der Waals surface area contributed by atoms with Crippen molar-refractivity contribution in [3.05, 3.63) is 51.7 Å². The van der Waals surface area contributed by atoms with E-state index in [4.69, 9.17) is 4.74 Å². The van der Waals surface area contributed by atoms with Crippen molar-refractivity contribution in [1.82, 2.24) is 0 Å². The fourth-order valence-corrected chi connectivity index (χ4v) is 5.11. The summed E-state index contributed by atoms with van der Waals surface area (Å²) in [4.78, 5) is 1.73. The lowest BCUT2D eigenvalue weighted by Gasteiger charge is -2.08. The van der Waals surface area contributed by atoms with Crippen LogP contribution in [0.5, 0.6) is 5.75 Å². The molecule has 0 saturated carbocycles. The third-order valence-electron chi connectivity index (χ3n) is 5.88. The Balaban J connectivity index is 0.000000500. The highest BCUT2D eigenvalue weighted by Gasteiger charge is 2.11. The highest BCUT2D eigenvalue weighted by molar-refractivity contribution is 7.10. The molecule has 0 atom stereocenters. The van der Waals surface area contributed by atoms with Gasteiger partial charge in [-0.05, 0) is 67.2 Å². The highest BCUT2D eigenvalue weighted by atomic mass is 32.1. The molecule has 0 amide bonds. The van der Waals surface area contributed by atoms with Gasteiger partial charge in [0.1, 0.15) is 5.75 Å². The van der Waals surface area contributed by atoms with Gasteiger partial charge in [0, 0.05) is 4.88 Å². The molecular weight excluding hydrogens is 396 g/mol. The summed E-state index contributed by atoms with van der Waals surface area (Å²) in [6.07, 6.45) is 20.7. The topological polar surface area (TPSA) is 9.23 Å². The summed E-state index contributed by atoms with van der Waals surface area (Å²) in [5.41, 5.74) is 3.46. The number of rotatable bonds is 16.